The second-order valence-electron chi connectivity index (χ2n) is 8.43. The molecule has 4 aromatic rings. The van der Waals surface area contributed by atoms with Crippen LogP contribution in [0.4, 0.5) is 18.9 Å². The lowest BCUT2D eigenvalue weighted by molar-refractivity contribution is -0.137. The molecule has 1 unspecified atom stereocenters. The fraction of sp³-hybridized carbons (Fsp3) is 0.107. The molecule has 0 fully saturated rings. The molecule has 5 nitrogen and oxygen atoms in total. The summed E-state index contributed by atoms with van der Waals surface area (Å²) >= 11 is 1.13. The van der Waals surface area contributed by atoms with Gasteiger partial charge in [0.15, 0.2) is 4.80 Å². The Kier molecular flexibility index (Phi) is 6.39. The molecule has 0 radical (unpaired) electrons. The summed E-state index contributed by atoms with van der Waals surface area (Å²) < 4.78 is 40.6. The van der Waals surface area contributed by atoms with Crippen LogP contribution in [0.5, 0.6) is 0 Å². The maximum absolute atomic E-state index is 13.6. The van der Waals surface area contributed by atoms with Crippen molar-refractivity contribution >= 4 is 29.0 Å². The summed E-state index contributed by atoms with van der Waals surface area (Å²) in [5.74, 6) is -0.377. The number of rotatable bonds is 4. The minimum atomic E-state index is -4.44. The van der Waals surface area contributed by atoms with E-state index < -0.39 is 17.8 Å². The van der Waals surface area contributed by atoms with Gasteiger partial charge >= 0.3 is 6.18 Å². The topological polar surface area (TPSA) is 63.5 Å². The molecule has 1 atom stereocenters. The van der Waals surface area contributed by atoms with Crippen LogP contribution in [0.3, 0.4) is 0 Å². The van der Waals surface area contributed by atoms with Gasteiger partial charge in [-0.2, -0.15) is 13.2 Å². The number of nitrogens with zero attached hydrogens (tertiary/aromatic N) is 2. The molecule has 0 bridgehead atoms. The Morgan fingerprint density at radius 2 is 1.59 bits per heavy atom. The molecule has 0 saturated heterocycles. The van der Waals surface area contributed by atoms with Gasteiger partial charge in [-0.25, -0.2) is 4.99 Å². The van der Waals surface area contributed by atoms with Crippen molar-refractivity contribution in [1.29, 1.82) is 0 Å². The van der Waals surface area contributed by atoms with Crippen LogP contribution < -0.4 is 20.2 Å². The molecule has 1 N–H and O–H groups in total. The molecule has 3 aromatic carbocycles. The molecule has 2 heterocycles. The molecule has 5 rings (SSSR count). The number of halogens is 3. The Morgan fingerprint density at radius 1 is 0.973 bits per heavy atom. The number of amides is 1. The van der Waals surface area contributed by atoms with E-state index in [9.17, 15) is 22.8 Å². The molecule has 0 aliphatic carbocycles. The number of fused-ring (bicyclic) bond motifs is 1. The van der Waals surface area contributed by atoms with Gasteiger partial charge in [0.05, 0.1) is 27.4 Å². The zero-order chi connectivity index (χ0) is 26.2. The molecular weight excluding hydrogens is 499 g/mol. The van der Waals surface area contributed by atoms with Crippen molar-refractivity contribution < 1.29 is 18.0 Å². The number of alkyl halides is 3. The Hall–Kier alpha value is -4.24. The first-order chi connectivity index (χ1) is 17.7. The van der Waals surface area contributed by atoms with Gasteiger partial charge in [-0.1, -0.05) is 72.0 Å². The summed E-state index contributed by atoms with van der Waals surface area (Å²) in [7, 11) is 0. The molecule has 1 aliphatic heterocycles. The number of carbonyl (C=O) groups is 1. The average Bonchev–Trinajstić information content (AvgIpc) is 3.18. The molecule has 0 spiro atoms. The molecular formula is C28H20F3N3O2S. The summed E-state index contributed by atoms with van der Waals surface area (Å²) in [6.45, 7) is 1.72. The second kappa shape index (κ2) is 9.67. The highest BCUT2D eigenvalue weighted by molar-refractivity contribution is 7.07. The standard InChI is InChI=1S/C28H20F3N3O2S/c1-17-23(25(35)33-21-10-6-3-7-11-21)24(19-8-4-2-5-9-19)34-26(36)22(37-27(34)32-17)16-18-12-14-20(15-13-18)28(29,30)31/h2-16,24H,1H3,(H,33,35)/b22-16-. The molecule has 37 heavy (non-hydrogen) atoms. The molecule has 9 heteroatoms. The first-order valence-electron chi connectivity index (χ1n) is 11.3. The highest BCUT2D eigenvalue weighted by Gasteiger charge is 2.32. The Labute approximate surface area is 213 Å². The Bertz CT molecular complexity index is 1670. The monoisotopic (exact) mass is 519 g/mol. The van der Waals surface area contributed by atoms with Gasteiger partial charge in [-0.15, -0.1) is 0 Å². The summed E-state index contributed by atoms with van der Waals surface area (Å²) in [5.41, 5.74) is 1.46. The third-order valence-corrected chi connectivity index (χ3v) is 6.93. The number of para-hydroxylation sites is 1. The number of hydrogen-bond acceptors (Lipinski definition) is 4. The zero-order valence-corrected chi connectivity index (χ0v) is 20.3. The van der Waals surface area contributed by atoms with Crippen molar-refractivity contribution in [1.82, 2.24) is 4.57 Å². The van der Waals surface area contributed by atoms with Crippen LogP contribution in [0, 0.1) is 0 Å². The summed E-state index contributed by atoms with van der Waals surface area (Å²) in [6, 6.07) is 22.0. The SMILES string of the molecule is CC1=C(C(=O)Nc2ccccc2)C(c2ccccc2)n2c(s/c(=C\c3ccc(C(F)(F)F)cc3)c2=O)=N1. The molecule has 1 aliphatic rings. The van der Waals surface area contributed by atoms with E-state index in [0.29, 0.717) is 31.9 Å². The number of allylic oxidation sites excluding steroid dienone is 1. The van der Waals surface area contributed by atoms with Crippen molar-refractivity contribution in [3.63, 3.8) is 0 Å². The zero-order valence-electron chi connectivity index (χ0n) is 19.5. The van der Waals surface area contributed by atoms with Crippen LogP contribution in [0.2, 0.25) is 0 Å². The fourth-order valence-electron chi connectivity index (χ4n) is 4.20. The second-order valence-corrected chi connectivity index (χ2v) is 9.44. The van der Waals surface area contributed by atoms with Crippen LogP contribution in [-0.4, -0.2) is 10.5 Å². The molecule has 186 valence electrons. The van der Waals surface area contributed by atoms with Gasteiger partial charge in [0.2, 0.25) is 0 Å². The van der Waals surface area contributed by atoms with E-state index in [0.717, 1.165) is 29.0 Å². The predicted molar refractivity (Wildman–Crippen MR) is 137 cm³/mol. The number of aromatic nitrogens is 1. The molecule has 0 saturated carbocycles. The van der Waals surface area contributed by atoms with Crippen molar-refractivity contribution in [2.24, 2.45) is 4.99 Å². The van der Waals surface area contributed by atoms with Gasteiger partial charge < -0.3 is 5.32 Å². The fourth-order valence-corrected chi connectivity index (χ4v) is 5.25. The van der Waals surface area contributed by atoms with Gasteiger partial charge in [0, 0.05) is 5.69 Å². The maximum Gasteiger partial charge on any atom is 0.416 e. The predicted octanol–water partition coefficient (Wildman–Crippen LogP) is 4.89. The van der Waals surface area contributed by atoms with Crippen LogP contribution in [0.15, 0.2) is 106 Å². The first kappa shape index (κ1) is 24.5. The summed E-state index contributed by atoms with van der Waals surface area (Å²) in [4.78, 5) is 32.0. The molecule has 1 aromatic heterocycles. The highest BCUT2D eigenvalue weighted by atomic mass is 32.1. The highest BCUT2D eigenvalue weighted by Crippen LogP contribution is 2.31. The number of anilines is 1. The number of carbonyl (C=O) groups excluding carboxylic acids is 1. The normalized spacial score (nSPS) is 15.8. The van der Waals surface area contributed by atoms with Crippen LogP contribution in [0.1, 0.15) is 29.7 Å². The largest absolute Gasteiger partial charge is 0.416 e. The maximum atomic E-state index is 13.6. The van der Waals surface area contributed by atoms with E-state index in [2.05, 4.69) is 10.3 Å². The lowest BCUT2D eigenvalue weighted by Crippen LogP contribution is -2.40. The van der Waals surface area contributed by atoms with Crippen molar-refractivity contribution in [3.8, 4) is 0 Å². The van der Waals surface area contributed by atoms with Gasteiger partial charge in [-0.05, 0) is 48.4 Å². The number of hydrogen-bond donors (Lipinski definition) is 1. The number of benzene rings is 3. The van der Waals surface area contributed by atoms with E-state index in [1.165, 1.54) is 22.8 Å². The minimum absolute atomic E-state index is 0.303. The van der Waals surface area contributed by atoms with Gasteiger partial charge in [0.25, 0.3) is 11.5 Å². The Morgan fingerprint density at radius 3 is 2.22 bits per heavy atom. The van der Waals surface area contributed by atoms with Crippen molar-refractivity contribution in [3.05, 3.63) is 133 Å². The quantitative estimate of drug-likeness (QED) is 0.417. The van der Waals surface area contributed by atoms with Gasteiger partial charge in [-0.3, -0.25) is 14.2 Å². The lowest BCUT2D eigenvalue weighted by Gasteiger charge is -2.25. The Balaban J connectivity index is 1.62. The third kappa shape index (κ3) is 4.90. The van der Waals surface area contributed by atoms with Crippen molar-refractivity contribution in [2.75, 3.05) is 5.32 Å². The van der Waals surface area contributed by atoms with E-state index in [-0.39, 0.29) is 11.5 Å². The van der Waals surface area contributed by atoms with Crippen LogP contribution in [0.25, 0.3) is 6.08 Å². The molecule has 1 amide bonds. The summed E-state index contributed by atoms with van der Waals surface area (Å²) in [6.07, 6.45) is -2.91. The van der Waals surface area contributed by atoms with E-state index in [1.807, 2.05) is 48.5 Å². The first-order valence-corrected chi connectivity index (χ1v) is 12.2. The van der Waals surface area contributed by atoms with E-state index in [1.54, 1.807) is 19.1 Å². The average molecular weight is 520 g/mol. The van der Waals surface area contributed by atoms with E-state index >= 15 is 0 Å². The smallest absolute Gasteiger partial charge is 0.322 e. The van der Waals surface area contributed by atoms with E-state index in [4.69, 9.17) is 0 Å². The number of nitrogens with one attached hydrogen (secondary N) is 1. The van der Waals surface area contributed by atoms with Crippen LogP contribution in [-0.2, 0) is 11.0 Å². The van der Waals surface area contributed by atoms with Crippen molar-refractivity contribution in [2.45, 2.75) is 19.1 Å². The minimum Gasteiger partial charge on any atom is -0.322 e. The van der Waals surface area contributed by atoms with Crippen LogP contribution >= 0.6 is 11.3 Å². The lowest BCUT2D eigenvalue weighted by atomic mass is 9.95. The third-order valence-electron chi connectivity index (χ3n) is 5.95. The number of thiazole rings is 1. The van der Waals surface area contributed by atoms with Gasteiger partial charge in [0.1, 0.15) is 0 Å². The summed E-state index contributed by atoms with van der Waals surface area (Å²) in [5, 5.41) is 2.89.